The lowest BCUT2D eigenvalue weighted by Crippen LogP contribution is -2.49. The number of ether oxygens (including phenoxy) is 1. The van der Waals surface area contributed by atoms with Crippen LogP contribution in [0.4, 0.5) is 0 Å². The molecule has 17 heavy (non-hydrogen) atoms. The molecule has 0 saturated carbocycles. The predicted molar refractivity (Wildman–Crippen MR) is 73.1 cm³/mol. The number of nitrogens with zero attached hydrogens (tertiary/aromatic N) is 1. The van der Waals surface area contributed by atoms with E-state index in [4.69, 9.17) is 4.74 Å². The van der Waals surface area contributed by atoms with E-state index in [1.807, 2.05) is 7.05 Å². The van der Waals surface area contributed by atoms with Gasteiger partial charge in [-0.2, -0.15) is 0 Å². The van der Waals surface area contributed by atoms with Gasteiger partial charge in [-0.25, -0.2) is 0 Å². The maximum atomic E-state index is 5.53. The maximum Gasteiger partial charge on any atom is 0.0635 e. The molecule has 0 aliphatic carbocycles. The highest BCUT2D eigenvalue weighted by atomic mass is 79.9. The van der Waals surface area contributed by atoms with Crippen molar-refractivity contribution in [1.82, 2.24) is 10.2 Å². The summed E-state index contributed by atoms with van der Waals surface area (Å²) >= 11 is 3.46. The van der Waals surface area contributed by atoms with Crippen LogP contribution in [-0.4, -0.2) is 44.3 Å². The Balaban J connectivity index is 1.97. The third-order valence-electron chi connectivity index (χ3n) is 3.09. The first-order chi connectivity index (χ1) is 8.29. The Morgan fingerprint density at radius 3 is 2.88 bits per heavy atom. The van der Waals surface area contributed by atoms with Gasteiger partial charge in [0, 0.05) is 30.1 Å². The predicted octanol–water partition coefficient (Wildman–Crippen LogP) is 1.87. The summed E-state index contributed by atoms with van der Waals surface area (Å²) in [7, 11) is 1.99. The summed E-state index contributed by atoms with van der Waals surface area (Å²) in [6.07, 6.45) is 0. The topological polar surface area (TPSA) is 24.5 Å². The fraction of sp³-hybridized carbons (Fsp3) is 0.538. The summed E-state index contributed by atoms with van der Waals surface area (Å²) in [4.78, 5) is 2.49. The van der Waals surface area contributed by atoms with Gasteiger partial charge in [0.25, 0.3) is 0 Å². The van der Waals surface area contributed by atoms with Crippen molar-refractivity contribution in [3.8, 4) is 0 Å². The summed E-state index contributed by atoms with van der Waals surface area (Å²) in [6, 6.07) is 9.04. The fourth-order valence-electron chi connectivity index (χ4n) is 2.15. The van der Waals surface area contributed by atoms with Gasteiger partial charge in [0.05, 0.1) is 13.2 Å². The molecule has 0 amide bonds. The van der Waals surface area contributed by atoms with Gasteiger partial charge in [0.15, 0.2) is 0 Å². The lowest BCUT2D eigenvalue weighted by molar-refractivity contribution is -0.0103. The number of morpholine rings is 1. The fourth-order valence-corrected chi connectivity index (χ4v) is 2.41. The molecule has 1 aliphatic rings. The van der Waals surface area contributed by atoms with Crippen LogP contribution >= 0.6 is 15.9 Å². The van der Waals surface area contributed by atoms with Crippen LogP contribution in [-0.2, 0) is 11.3 Å². The largest absolute Gasteiger partial charge is 0.378 e. The minimum atomic E-state index is 0.484. The zero-order valence-corrected chi connectivity index (χ0v) is 11.7. The molecule has 1 atom stereocenters. The van der Waals surface area contributed by atoms with Crippen molar-refractivity contribution in [2.24, 2.45) is 0 Å². The molecular weight excluding hydrogens is 280 g/mol. The van der Waals surface area contributed by atoms with Crippen LogP contribution in [0.5, 0.6) is 0 Å². The molecule has 0 spiro atoms. The Morgan fingerprint density at radius 2 is 2.18 bits per heavy atom. The second-order valence-corrected chi connectivity index (χ2v) is 5.30. The normalized spacial score (nSPS) is 21.6. The van der Waals surface area contributed by atoms with Gasteiger partial charge in [0.2, 0.25) is 0 Å². The number of halogens is 1. The van der Waals surface area contributed by atoms with Gasteiger partial charge in [-0.3, -0.25) is 4.90 Å². The highest BCUT2D eigenvalue weighted by Gasteiger charge is 2.22. The molecule has 1 heterocycles. The second kappa shape index (κ2) is 6.50. The molecule has 3 nitrogen and oxygen atoms in total. The van der Waals surface area contributed by atoms with Crippen LogP contribution in [0, 0.1) is 0 Å². The summed E-state index contributed by atoms with van der Waals surface area (Å²) in [6.45, 7) is 4.68. The number of hydrogen-bond acceptors (Lipinski definition) is 3. The molecule has 1 unspecified atom stereocenters. The average Bonchev–Trinajstić information content (AvgIpc) is 2.35. The molecule has 2 rings (SSSR count). The Bertz CT molecular complexity index is 340. The maximum absolute atomic E-state index is 5.53. The molecule has 94 valence electrons. The quantitative estimate of drug-likeness (QED) is 0.918. The molecular formula is C13H19BrN2O. The monoisotopic (exact) mass is 298 g/mol. The lowest BCUT2D eigenvalue weighted by Gasteiger charge is -2.35. The Hall–Kier alpha value is -0.420. The summed E-state index contributed by atoms with van der Waals surface area (Å²) in [5.74, 6) is 0. The molecule has 0 aromatic heterocycles. The number of nitrogens with one attached hydrogen (secondary N) is 1. The molecule has 1 aromatic rings. The molecule has 4 heteroatoms. The van der Waals surface area contributed by atoms with Crippen molar-refractivity contribution in [3.05, 3.63) is 34.3 Å². The Labute approximate surface area is 111 Å². The van der Waals surface area contributed by atoms with Gasteiger partial charge in [0.1, 0.15) is 0 Å². The molecule has 1 fully saturated rings. The van der Waals surface area contributed by atoms with Crippen molar-refractivity contribution in [2.75, 3.05) is 33.4 Å². The average molecular weight is 299 g/mol. The molecule has 0 bridgehead atoms. The van der Waals surface area contributed by atoms with E-state index in [2.05, 4.69) is 50.4 Å². The van der Waals surface area contributed by atoms with E-state index in [9.17, 15) is 0 Å². The van der Waals surface area contributed by atoms with Gasteiger partial charge in [-0.15, -0.1) is 0 Å². The second-order valence-electron chi connectivity index (χ2n) is 4.38. The van der Waals surface area contributed by atoms with E-state index in [0.717, 1.165) is 37.3 Å². The lowest BCUT2D eigenvalue weighted by atomic mass is 10.1. The SMILES string of the molecule is CNCC1COCCN1Cc1ccc(Br)cc1. The van der Waals surface area contributed by atoms with Crippen molar-refractivity contribution < 1.29 is 4.74 Å². The highest BCUT2D eigenvalue weighted by Crippen LogP contribution is 2.15. The van der Waals surface area contributed by atoms with E-state index in [-0.39, 0.29) is 0 Å². The number of hydrogen-bond donors (Lipinski definition) is 1. The molecule has 1 aromatic carbocycles. The third kappa shape index (κ3) is 3.78. The van der Waals surface area contributed by atoms with Crippen LogP contribution in [0.2, 0.25) is 0 Å². The van der Waals surface area contributed by atoms with Crippen LogP contribution < -0.4 is 5.32 Å². The molecule has 1 saturated heterocycles. The first-order valence-electron chi connectivity index (χ1n) is 6.00. The number of benzene rings is 1. The molecule has 0 radical (unpaired) electrons. The van der Waals surface area contributed by atoms with Gasteiger partial charge in [-0.05, 0) is 24.7 Å². The van der Waals surface area contributed by atoms with Crippen LogP contribution in [0.15, 0.2) is 28.7 Å². The Kier molecular flexibility index (Phi) is 4.98. The zero-order chi connectivity index (χ0) is 12.1. The van der Waals surface area contributed by atoms with Crippen LogP contribution in [0.3, 0.4) is 0 Å². The van der Waals surface area contributed by atoms with E-state index in [1.165, 1.54) is 5.56 Å². The standard InChI is InChI=1S/C13H19BrN2O/c1-15-8-13-10-17-7-6-16(13)9-11-2-4-12(14)5-3-11/h2-5,13,15H,6-10H2,1H3. The number of likely N-dealkylation sites (N-methyl/N-ethyl adjacent to an activating group) is 1. The summed E-state index contributed by atoms with van der Waals surface area (Å²) < 4.78 is 6.67. The summed E-state index contributed by atoms with van der Waals surface area (Å²) in [5, 5.41) is 3.23. The van der Waals surface area contributed by atoms with Crippen LogP contribution in [0.25, 0.3) is 0 Å². The Morgan fingerprint density at radius 1 is 1.41 bits per heavy atom. The third-order valence-corrected chi connectivity index (χ3v) is 3.62. The zero-order valence-electron chi connectivity index (χ0n) is 10.2. The molecule has 1 N–H and O–H groups in total. The van der Waals surface area contributed by atoms with Crippen molar-refractivity contribution in [3.63, 3.8) is 0 Å². The van der Waals surface area contributed by atoms with E-state index in [1.54, 1.807) is 0 Å². The first kappa shape index (κ1) is 13.0. The van der Waals surface area contributed by atoms with E-state index < -0.39 is 0 Å². The number of rotatable bonds is 4. The van der Waals surface area contributed by atoms with Crippen LogP contribution in [0.1, 0.15) is 5.56 Å². The van der Waals surface area contributed by atoms with Gasteiger partial charge < -0.3 is 10.1 Å². The minimum absolute atomic E-state index is 0.484. The first-order valence-corrected chi connectivity index (χ1v) is 6.79. The van der Waals surface area contributed by atoms with Gasteiger partial charge >= 0.3 is 0 Å². The van der Waals surface area contributed by atoms with Crippen molar-refractivity contribution >= 4 is 15.9 Å². The van der Waals surface area contributed by atoms with E-state index >= 15 is 0 Å². The molecule has 1 aliphatic heterocycles. The highest BCUT2D eigenvalue weighted by molar-refractivity contribution is 9.10. The summed E-state index contributed by atoms with van der Waals surface area (Å²) in [5.41, 5.74) is 1.36. The van der Waals surface area contributed by atoms with Crippen molar-refractivity contribution in [2.45, 2.75) is 12.6 Å². The van der Waals surface area contributed by atoms with E-state index in [0.29, 0.717) is 6.04 Å². The van der Waals surface area contributed by atoms with Gasteiger partial charge in [-0.1, -0.05) is 28.1 Å². The minimum Gasteiger partial charge on any atom is -0.378 e. The van der Waals surface area contributed by atoms with Crippen molar-refractivity contribution in [1.29, 1.82) is 0 Å². The smallest absolute Gasteiger partial charge is 0.0635 e.